The molecule has 0 unspecified atom stereocenters. The number of carbonyl (C=O) groups is 2. The van der Waals surface area contributed by atoms with Crippen LogP contribution in [0, 0.1) is 13.8 Å². The van der Waals surface area contributed by atoms with E-state index in [4.69, 9.17) is 16.3 Å². The van der Waals surface area contributed by atoms with Gasteiger partial charge in [-0.25, -0.2) is 4.79 Å². The number of carbonyl (C=O) groups excluding carboxylic acids is 2. The number of esters is 1. The fraction of sp³-hybridized carbons (Fsp3) is 0.176. The molecule has 0 aliphatic heterocycles. The lowest BCUT2D eigenvalue weighted by Crippen LogP contribution is -2.15. The number of ether oxygens (including phenoxy) is 1. The third kappa shape index (κ3) is 3.65. The van der Waals surface area contributed by atoms with Gasteiger partial charge in [0.05, 0.1) is 0 Å². The number of phenols is 1. The number of phenolic OH excluding ortho intramolecular Hbond substituents is 1. The highest BCUT2D eigenvalue weighted by Gasteiger charge is 2.16. The van der Waals surface area contributed by atoms with Gasteiger partial charge in [0.25, 0.3) is 0 Å². The van der Waals surface area contributed by atoms with E-state index in [-0.39, 0.29) is 17.1 Å². The van der Waals surface area contributed by atoms with Gasteiger partial charge in [-0.2, -0.15) is 0 Å². The number of Topliss-reactive ketones (excluding diaryl/α,β-unsaturated/α-hetero) is 1. The highest BCUT2D eigenvalue weighted by molar-refractivity contribution is 6.31. The molecule has 5 heteroatoms. The number of aryl methyl sites for hydroxylation is 2. The molecule has 2 aromatic rings. The minimum absolute atomic E-state index is 0.0686. The Labute approximate surface area is 133 Å². The van der Waals surface area contributed by atoms with Gasteiger partial charge in [-0.3, -0.25) is 4.79 Å². The van der Waals surface area contributed by atoms with Crippen molar-refractivity contribution >= 4 is 23.4 Å². The van der Waals surface area contributed by atoms with Gasteiger partial charge in [-0.1, -0.05) is 35.4 Å². The van der Waals surface area contributed by atoms with Crippen molar-refractivity contribution in [2.75, 3.05) is 6.61 Å². The minimum atomic E-state index is -0.793. The van der Waals surface area contributed by atoms with Gasteiger partial charge >= 0.3 is 5.97 Å². The standard InChI is InChI=1S/C17H15ClO4/c1-10-3-5-13(11(2)7-10)16(20)9-22-17(21)14-8-12(18)4-6-15(14)19/h3-8,19H,9H2,1-2H3. The van der Waals surface area contributed by atoms with E-state index in [1.165, 1.54) is 18.2 Å². The number of hydrogen-bond acceptors (Lipinski definition) is 4. The van der Waals surface area contributed by atoms with E-state index in [9.17, 15) is 14.7 Å². The molecule has 1 N–H and O–H groups in total. The van der Waals surface area contributed by atoms with Crippen LogP contribution in [0.5, 0.6) is 5.75 Å². The SMILES string of the molecule is Cc1ccc(C(=O)COC(=O)c2cc(Cl)ccc2O)c(C)c1. The molecule has 0 saturated carbocycles. The maximum Gasteiger partial charge on any atom is 0.342 e. The lowest BCUT2D eigenvalue weighted by molar-refractivity contribution is 0.0471. The molecule has 0 heterocycles. The molecule has 2 aromatic carbocycles. The third-order valence-electron chi connectivity index (χ3n) is 3.20. The van der Waals surface area contributed by atoms with E-state index in [1.54, 1.807) is 6.07 Å². The normalized spacial score (nSPS) is 10.3. The number of aromatic hydroxyl groups is 1. The van der Waals surface area contributed by atoms with Crippen molar-refractivity contribution in [3.8, 4) is 5.75 Å². The average Bonchev–Trinajstić information content (AvgIpc) is 2.47. The molecule has 0 saturated heterocycles. The quantitative estimate of drug-likeness (QED) is 0.689. The molecular weight excluding hydrogens is 304 g/mol. The molecule has 4 nitrogen and oxygen atoms in total. The highest BCUT2D eigenvalue weighted by Crippen LogP contribution is 2.22. The average molecular weight is 319 g/mol. The van der Waals surface area contributed by atoms with Gasteiger partial charge in [0.1, 0.15) is 11.3 Å². The van der Waals surface area contributed by atoms with E-state index in [2.05, 4.69) is 0 Å². The maximum atomic E-state index is 12.1. The molecule has 0 amide bonds. The molecule has 22 heavy (non-hydrogen) atoms. The van der Waals surface area contributed by atoms with Crippen LogP contribution in [0.2, 0.25) is 5.02 Å². The Morgan fingerprint density at radius 3 is 2.50 bits per heavy atom. The molecule has 0 atom stereocenters. The number of halogens is 1. The fourth-order valence-corrected chi connectivity index (χ4v) is 2.26. The van der Waals surface area contributed by atoms with Crippen LogP contribution in [0.4, 0.5) is 0 Å². The number of benzene rings is 2. The molecule has 0 fully saturated rings. The summed E-state index contributed by atoms with van der Waals surface area (Å²) in [5, 5.41) is 9.91. The molecular formula is C17H15ClO4. The molecule has 114 valence electrons. The van der Waals surface area contributed by atoms with Crippen molar-refractivity contribution in [3.05, 3.63) is 63.7 Å². The van der Waals surface area contributed by atoms with Gasteiger partial charge in [0.2, 0.25) is 5.78 Å². The van der Waals surface area contributed by atoms with Crippen molar-refractivity contribution in [1.29, 1.82) is 0 Å². The van der Waals surface area contributed by atoms with E-state index in [0.717, 1.165) is 11.1 Å². The summed E-state index contributed by atoms with van der Waals surface area (Å²) in [6, 6.07) is 9.46. The second-order valence-electron chi connectivity index (χ2n) is 4.98. The lowest BCUT2D eigenvalue weighted by atomic mass is 10.0. The molecule has 0 spiro atoms. The highest BCUT2D eigenvalue weighted by atomic mass is 35.5. The zero-order valence-electron chi connectivity index (χ0n) is 12.2. The summed E-state index contributed by atoms with van der Waals surface area (Å²) in [5.74, 6) is -1.33. The van der Waals surface area contributed by atoms with Crippen molar-refractivity contribution < 1.29 is 19.4 Å². The Morgan fingerprint density at radius 1 is 1.09 bits per heavy atom. The number of rotatable bonds is 4. The van der Waals surface area contributed by atoms with Crippen LogP contribution in [0.25, 0.3) is 0 Å². The number of ketones is 1. The summed E-state index contributed by atoms with van der Waals surface area (Å²) >= 11 is 5.77. The molecule has 2 rings (SSSR count). The van der Waals surface area contributed by atoms with Crippen molar-refractivity contribution in [3.63, 3.8) is 0 Å². The van der Waals surface area contributed by atoms with Crippen molar-refractivity contribution in [2.24, 2.45) is 0 Å². The van der Waals surface area contributed by atoms with E-state index in [1.807, 2.05) is 26.0 Å². The Bertz CT molecular complexity index is 737. The minimum Gasteiger partial charge on any atom is -0.507 e. The van der Waals surface area contributed by atoms with Gasteiger partial charge in [0.15, 0.2) is 6.61 Å². The summed E-state index contributed by atoms with van der Waals surface area (Å²) in [4.78, 5) is 24.0. The van der Waals surface area contributed by atoms with Crippen LogP contribution in [0.1, 0.15) is 31.8 Å². The smallest absolute Gasteiger partial charge is 0.342 e. The maximum absolute atomic E-state index is 12.1. The summed E-state index contributed by atoms with van der Waals surface area (Å²) in [7, 11) is 0. The predicted octanol–water partition coefficient (Wildman–Crippen LogP) is 3.70. The van der Waals surface area contributed by atoms with Gasteiger partial charge < -0.3 is 9.84 Å². The topological polar surface area (TPSA) is 63.6 Å². The Morgan fingerprint density at radius 2 is 1.82 bits per heavy atom. The van der Waals surface area contributed by atoms with E-state index in [0.29, 0.717) is 10.6 Å². The van der Waals surface area contributed by atoms with Crippen LogP contribution in [0.15, 0.2) is 36.4 Å². The van der Waals surface area contributed by atoms with Crippen LogP contribution in [-0.2, 0) is 4.74 Å². The summed E-state index contributed by atoms with van der Waals surface area (Å²) in [6.45, 7) is 3.36. The molecule has 0 aliphatic carbocycles. The summed E-state index contributed by atoms with van der Waals surface area (Å²) in [6.07, 6.45) is 0. The van der Waals surface area contributed by atoms with Crippen LogP contribution < -0.4 is 0 Å². The molecule has 0 aromatic heterocycles. The van der Waals surface area contributed by atoms with Gasteiger partial charge in [-0.15, -0.1) is 0 Å². The first-order chi connectivity index (χ1) is 10.4. The Balaban J connectivity index is 2.07. The monoisotopic (exact) mass is 318 g/mol. The van der Waals surface area contributed by atoms with E-state index >= 15 is 0 Å². The second-order valence-corrected chi connectivity index (χ2v) is 5.42. The third-order valence-corrected chi connectivity index (χ3v) is 3.43. The Hall–Kier alpha value is -2.33. The summed E-state index contributed by atoms with van der Waals surface area (Å²) in [5.41, 5.74) is 2.32. The van der Waals surface area contributed by atoms with Crippen LogP contribution in [0.3, 0.4) is 0 Å². The van der Waals surface area contributed by atoms with Crippen LogP contribution >= 0.6 is 11.6 Å². The second kappa shape index (κ2) is 6.62. The fourth-order valence-electron chi connectivity index (χ4n) is 2.08. The first-order valence-corrected chi connectivity index (χ1v) is 7.02. The lowest BCUT2D eigenvalue weighted by Gasteiger charge is -2.08. The predicted molar refractivity (Wildman–Crippen MR) is 83.6 cm³/mol. The van der Waals surface area contributed by atoms with Crippen LogP contribution in [-0.4, -0.2) is 23.5 Å². The zero-order chi connectivity index (χ0) is 16.3. The van der Waals surface area contributed by atoms with Crippen molar-refractivity contribution in [1.82, 2.24) is 0 Å². The Kier molecular flexibility index (Phi) is 4.83. The molecule has 0 bridgehead atoms. The first kappa shape index (κ1) is 16.0. The summed E-state index contributed by atoms with van der Waals surface area (Å²) < 4.78 is 4.96. The number of hydrogen-bond donors (Lipinski definition) is 1. The largest absolute Gasteiger partial charge is 0.507 e. The van der Waals surface area contributed by atoms with Gasteiger partial charge in [0, 0.05) is 10.6 Å². The van der Waals surface area contributed by atoms with Crippen molar-refractivity contribution in [2.45, 2.75) is 13.8 Å². The van der Waals surface area contributed by atoms with Gasteiger partial charge in [-0.05, 0) is 37.6 Å². The van der Waals surface area contributed by atoms with E-state index < -0.39 is 12.6 Å². The molecule has 0 radical (unpaired) electrons. The molecule has 0 aliphatic rings. The zero-order valence-corrected chi connectivity index (χ0v) is 13.0. The first-order valence-electron chi connectivity index (χ1n) is 6.64.